The van der Waals surface area contributed by atoms with Crippen molar-refractivity contribution in [3.05, 3.63) is 29.7 Å². The third-order valence-electron chi connectivity index (χ3n) is 3.25. The van der Waals surface area contributed by atoms with Gasteiger partial charge in [-0.1, -0.05) is 6.92 Å². The lowest BCUT2D eigenvalue weighted by Crippen LogP contribution is -2.44. The van der Waals surface area contributed by atoms with Gasteiger partial charge in [0.1, 0.15) is 5.76 Å². The molecule has 0 N–H and O–H groups in total. The summed E-state index contributed by atoms with van der Waals surface area (Å²) in [4.78, 5) is 14.3. The van der Waals surface area contributed by atoms with Crippen molar-refractivity contribution in [3.8, 4) is 0 Å². The normalized spacial score (nSPS) is 29.9. The van der Waals surface area contributed by atoms with Gasteiger partial charge in [-0.3, -0.25) is 9.69 Å². The highest BCUT2D eigenvalue weighted by Gasteiger charge is 2.31. The molecule has 0 radical (unpaired) electrons. The summed E-state index contributed by atoms with van der Waals surface area (Å²) in [6.45, 7) is 4.86. The fourth-order valence-electron chi connectivity index (χ4n) is 2.12. The summed E-state index contributed by atoms with van der Waals surface area (Å²) < 4.78 is 5.26. The highest BCUT2D eigenvalue weighted by molar-refractivity contribution is 6.02. The van der Waals surface area contributed by atoms with E-state index in [-0.39, 0.29) is 17.7 Å². The van der Waals surface area contributed by atoms with Crippen LogP contribution in [0.25, 0.3) is 6.08 Å². The molecule has 1 aliphatic heterocycles. The Morgan fingerprint density at radius 2 is 2.25 bits per heavy atom. The monoisotopic (exact) mass is 219 g/mol. The van der Waals surface area contributed by atoms with Gasteiger partial charge >= 0.3 is 0 Å². The molecule has 0 bridgehead atoms. The zero-order chi connectivity index (χ0) is 11.7. The third-order valence-corrected chi connectivity index (χ3v) is 3.25. The predicted octanol–water partition coefficient (Wildman–Crippen LogP) is 2.20. The van der Waals surface area contributed by atoms with Crippen LogP contribution in [-0.2, 0) is 4.79 Å². The summed E-state index contributed by atoms with van der Waals surface area (Å²) >= 11 is 0. The van der Waals surface area contributed by atoms with E-state index in [1.807, 2.05) is 32.2 Å². The first-order valence-electron chi connectivity index (χ1n) is 5.59. The fraction of sp³-hybridized carbons (Fsp3) is 0.462. The zero-order valence-electron chi connectivity index (χ0n) is 9.93. The van der Waals surface area contributed by atoms with Gasteiger partial charge in [-0.15, -0.1) is 0 Å². The summed E-state index contributed by atoms with van der Waals surface area (Å²) in [5.41, 5.74) is 0.844. The van der Waals surface area contributed by atoms with Crippen LogP contribution in [0.3, 0.4) is 0 Å². The Morgan fingerprint density at radius 1 is 1.50 bits per heavy atom. The first-order valence-corrected chi connectivity index (χ1v) is 5.59. The molecule has 1 aromatic heterocycles. The molecule has 2 heterocycles. The number of likely N-dealkylation sites (tertiary alicyclic amines) is 1. The average Bonchev–Trinajstić information content (AvgIpc) is 2.74. The van der Waals surface area contributed by atoms with Gasteiger partial charge < -0.3 is 4.42 Å². The average molecular weight is 219 g/mol. The van der Waals surface area contributed by atoms with E-state index in [0.29, 0.717) is 0 Å². The number of rotatable bonds is 1. The molecule has 16 heavy (non-hydrogen) atoms. The molecule has 86 valence electrons. The third kappa shape index (κ3) is 1.95. The van der Waals surface area contributed by atoms with E-state index >= 15 is 0 Å². The SMILES string of the molecule is C[C@@H]1CN(C)[C@@H](C)C(=Cc2ccco2)C1=O. The van der Waals surface area contributed by atoms with Crippen LogP contribution in [0.2, 0.25) is 0 Å². The van der Waals surface area contributed by atoms with E-state index in [0.717, 1.165) is 17.9 Å². The minimum Gasteiger partial charge on any atom is -0.465 e. The molecule has 0 amide bonds. The topological polar surface area (TPSA) is 33.5 Å². The number of hydrogen-bond acceptors (Lipinski definition) is 3. The molecule has 0 spiro atoms. The van der Waals surface area contributed by atoms with Crippen molar-refractivity contribution in [2.45, 2.75) is 19.9 Å². The predicted molar refractivity (Wildman–Crippen MR) is 62.9 cm³/mol. The molecule has 2 rings (SSSR count). The van der Waals surface area contributed by atoms with Crippen molar-refractivity contribution in [2.24, 2.45) is 5.92 Å². The number of furan rings is 1. The molecule has 3 heteroatoms. The second-order valence-electron chi connectivity index (χ2n) is 4.50. The molecule has 0 saturated carbocycles. The van der Waals surface area contributed by atoms with Crippen molar-refractivity contribution < 1.29 is 9.21 Å². The summed E-state index contributed by atoms with van der Waals surface area (Å²) in [6.07, 6.45) is 3.48. The van der Waals surface area contributed by atoms with Gasteiger partial charge in [0.05, 0.1) is 6.26 Å². The molecule has 0 unspecified atom stereocenters. The first-order chi connectivity index (χ1) is 7.59. The molecule has 1 aromatic rings. The minimum atomic E-state index is 0.0717. The molecular formula is C13H17NO2. The molecule has 3 nitrogen and oxygen atoms in total. The summed E-state index contributed by atoms with van der Waals surface area (Å²) in [7, 11) is 2.05. The van der Waals surface area contributed by atoms with E-state index in [1.165, 1.54) is 0 Å². The highest BCUT2D eigenvalue weighted by Crippen LogP contribution is 2.24. The Balaban J connectivity index is 2.33. The van der Waals surface area contributed by atoms with Crippen LogP contribution in [0, 0.1) is 5.92 Å². The van der Waals surface area contributed by atoms with Crippen molar-refractivity contribution in [1.82, 2.24) is 4.90 Å². The lowest BCUT2D eigenvalue weighted by atomic mass is 9.88. The van der Waals surface area contributed by atoms with Gasteiger partial charge in [0.2, 0.25) is 0 Å². The molecular weight excluding hydrogens is 202 g/mol. The fourth-order valence-corrected chi connectivity index (χ4v) is 2.12. The first kappa shape index (κ1) is 11.1. The maximum atomic E-state index is 12.1. The van der Waals surface area contributed by atoms with Gasteiger partial charge in [0.15, 0.2) is 5.78 Å². The highest BCUT2D eigenvalue weighted by atomic mass is 16.3. The smallest absolute Gasteiger partial charge is 0.164 e. The summed E-state index contributed by atoms with van der Waals surface area (Å²) in [6, 6.07) is 3.86. The van der Waals surface area contributed by atoms with Crippen molar-refractivity contribution >= 4 is 11.9 Å². The lowest BCUT2D eigenvalue weighted by molar-refractivity contribution is -0.121. The Hall–Kier alpha value is -1.35. The van der Waals surface area contributed by atoms with Crippen LogP contribution in [0.15, 0.2) is 28.4 Å². The number of ketones is 1. The Kier molecular flexibility index (Phi) is 2.97. The van der Waals surface area contributed by atoms with Gasteiger partial charge in [0, 0.05) is 24.1 Å². The molecule has 1 aliphatic rings. The second kappa shape index (κ2) is 4.26. The molecule has 1 saturated heterocycles. The van der Waals surface area contributed by atoms with E-state index < -0.39 is 0 Å². The van der Waals surface area contributed by atoms with E-state index in [9.17, 15) is 4.79 Å². The molecule has 1 fully saturated rings. The van der Waals surface area contributed by atoms with Crippen molar-refractivity contribution in [3.63, 3.8) is 0 Å². The van der Waals surface area contributed by atoms with Crippen LogP contribution < -0.4 is 0 Å². The van der Waals surface area contributed by atoms with Gasteiger partial charge in [0.25, 0.3) is 0 Å². The van der Waals surface area contributed by atoms with Crippen LogP contribution in [-0.4, -0.2) is 30.3 Å². The number of nitrogens with zero attached hydrogens (tertiary/aromatic N) is 1. The van der Waals surface area contributed by atoms with Gasteiger partial charge in [-0.05, 0) is 32.2 Å². The second-order valence-corrected chi connectivity index (χ2v) is 4.50. The molecule has 2 atom stereocenters. The van der Waals surface area contributed by atoms with E-state index in [2.05, 4.69) is 11.8 Å². The maximum absolute atomic E-state index is 12.1. The number of carbonyl (C=O) groups is 1. The van der Waals surface area contributed by atoms with Crippen molar-refractivity contribution in [1.29, 1.82) is 0 Å². The summed E-state index contributed by atoms with van der Waals surface area (Å²) in [5.74, 6) is 1.06. The van der Waals surface area contributed by atoms with E-state index in [1.54, 1.807) is 6.26 Å². The van der Waals surface area contributed by atoms with Gasteiger partial charge in [-0.25, -0.2) is 0 Å². The molecule has 0 aromatic carbocycles. The Bertz CT molecular complexity index is 406. The number of Topliss-reactive ketones (excluding diaryl/α,β-unsaturated/α-hetero) is 1. The molecule has 0 aliphatic carbocycles. The quantitative estimate of drug-likeness (QED) is 0.679. The van der Waals surface area contributed by atoms with Crippen LogP contribution in [0.4, 0.5) is 0 Å². The Labute approximate surface area is 95.7 Å². The lowest BCUT2D eigenvalue weighted by Gasteiger charge is -2.34. The number of likely N-dealkylation sites (N-methyl/N-ethyl adjacent to an activating group) is 1. The Morgan fingerprint density at radius 3 is 2.88 bits per heavy atom. The van der Waals surface area contributed by atoms with E-state index in [4.69, 9.17) is 4.42 Å². The van der Waals surface area contributed by atoms with Crippen LogP contribution in [0.1, 0.15) is 19.6 Å². The largest absolute Gasteiger partial charge is 0.465 e. The minimum absolute atomic E-state index is 0.0717. The number of carbonyl (C=O) groups excluding carboxylic acids is 1. The van der Waals surface area contributed by atoms with Gasteiger partial charge in [-0.2, -0.15) is 0 Å². The standard InChI is InChI=1S/C13H17NO2/c1-9-8-14(3)10(2)12(13(9)15)7-11-5-4-6-16-11/h4-7,9-10H,8H2,1-3H3/t9-,10+/m1/s1. The van der Waals surface area contributed by atoms with Crippen LogP contribution >= 0.6 is 0 Å². The number of piperidine rings is 1. The number of hydrogen-bond donors (Lipinski definition) is 0. The van der Waals surface area contributed by atoms with Crippen molar-refractivity contribution in [2.75, 3.05) is 13.6 Å². The summed E-state index contributed by atoms with van der Waals surface area (Å²) in [5, 5.41) is 0. The maximum Gasteiger partial charge on any atom is 0.164 e. The van der Waals surface area contributed by atoms with Crippen LogP contribution in [0.5, 0.6) is 0 Å². The zero-order valence-corrected chi connectivity index (χ0v) is 9.93.